The molecule has 1 aromatic heterocycles. The number of hydrogen-bond donors (Lipinski definition) is 0. The monoisotopic (exact) mass is 212 g/mol. The number of aromatic nitrogens is 2. The van der Waals surface area contributed by atoms with E-state index < -0.39 is 0 Å². The molecule has 2 aromatic carbocycles. The molecule has 2 nitrogen and oxygen atoms in total. The molecule has 0 unspecified atom stereocenters. The molecular weight excluding hydrogens is 203 g/mol. The van der Waals surface area contributed by atoms with Gasteiger partial charge >= 0.3 is 0 Å². The van der Waals surface area contributed by atoms with Crippen molar-refractivity contribution < 1.29 is 4.39 Å². The van der Waals surface area contributed by atoms with Crippen LogP contribution in [0.4, 0.5) is 4.39 Å². The molecule has 3 rings (SSSR count). The predicted octanol–water partition coefficient (Wildman–Crippen LogP) is 3.16. The van der Waals surface area contributed by atoms with Gasteiger partial charge in [-0.15, -0.1) is 0 Å². The number of halogens is 1. The standard InChI is InChI=1S/C13H9FN2/c14-11-5-3-6-12(8-11)16-13-7-2-1-4-10(13)9-15-16/h1-9H. The van der Waals surface area contributed by atoms with Gasteiger partial charge in [0.25, 0.3) is 0 Å². The molecule has 0 atom stereocenters. The lowest BCUT2D eigenvalue weighted by atomic mass is 10.2. The molecule has 0 saturated heterocycles. The Kier molecular flexibility index (Phi) is 1.96. The topological polar surface area (TPSA) is 17.8 Å². The quantitative estimate of drug-likeness (QED) is 0.605. The highest BCUT2D eigenvalue weighted by atomic mass is 19.1. The summed E-state index contributed by atoms with van der Waals surface area (Å²) in [6.07, 6.45) is 1.78. The third-order valence-corrected chi connectivity index (χ3v) is 2.53. The minimum Gasteiger partial charge on any atom is -0.233 e. The number of fused-ring (bicyclic) bond motifs is 1. The molecule has 16 heavy (non-hydrogen) atoms. The molecule has 0 aliphatic carbocycles. The summed E-state index contributed by atoms with van der Waals surface area (Å²) in [5.74, 6) is -0.253. The van der Waals surface area contributed by atoms with Crippen LogP contribution in [0, 0.1) is 5.82 Å². The van der Waals surface area contributed by atoms with Crippen molar-refractivity contribution >= 4 is 10.9 Å². The first-order valence-electron chi connectivity index (χ1n) is 5.03. The summed E-state index contributed by atoms with van der Waals surface area (Å²) in [5.41, 5.74) is 1.72. The summed E-state index contributed by atoms with van der Waals surface area (Å²) >= 11 is 0. The Morgan fingerprint density at radius 3 is 2.75 bits per heavy atom. The third-order valence-electron chi connectivity index (χ3n) is 2.53. The molecule has 0 N–H and O–H groups in total. The molecule has 3 aromatic rings. The maximum Gasteiger partial charge on any atom is 0.125 e. The van der Waals surface area contributed by atoms with Crippen molar-refractivity contribution in [2.24, 2.45) is 0 Å². The maximum absolute atomic E-state index is 13.1. The van der Waals surface area contributed by atoms with Gasteiger partial charge in [0.05, 0.1) is 17.4 Å². The van der Waals surface area contributed by atoms with Crippen LogP contribution in [-0.2, 0) is 0 Å². The first-order chi connectivity index (χ1) is 7.84. The molecule has 0 saturated carbocycles. The van der Waals surface area contributed by atoms with Crippen LogP contribution < -0.4 is 0 Å². The predicted molar refractivity (Wildman–Crippen MR) is 61.0 cm³/mol. The molecular formula is C13H9FN2. The molecule has 78 valence electrons. The molecule has 1 heterocycles. The van der Waals surface area contributed by atoms with E-state index in [2.05, 4.69) is 5.10 Å². The minimum absolute atomic E-state index is 0.253. The van der Waals surface area contributed by atoms with E-state index in [0.717, 1.165) is 16.6 Å². The lowest BCUT2D eigenvalue weighted by Crippen LogP contribution is -1.95. The summed E-state index contributed by atoms with van der Waals surface area (Å²) in [6, 6.07) is 14.3. The molecule has 0 fully saturated rings. The van der Waals surface area contributed by atoms with Gasteiger partial charge in [-0.1, -0.05) is 24.3 Å². The Labute approximate surface area is 91.9 Å². The van der Waals surface area contributed by atoms with Gasteiger partial charge in [0.1, 0.15) is 5.82 Å². The number of benzene rings is 2. The normalized spacial score (nSPS) is 10.8. The first kappa shape index (κ1) is 9.09. The van der Waals surface area contributed by atoms with Crippen molar-refractivity contribution in [1.29, 1.82) is 0 Å². The SMILES string of the molecule is Fc1cccc(-n2ncc3ccccc32)c1. The van der Waals surface area contributed by atoms with Crippen LogP contribution in [0.25, 0.3) is 16.6 Å². The van der Waals surface area contributed by atoms with Crippen molar-refractivity contribution in [1.82, 2.24) is 9.78 Å². The third kappa shape index (κ3) is 1.37. The summed E-state index contributed by atoms with van der Waals surface area (Å²) in [6.45, 7) is 0. The van der Waals surface area contributed by atoms with Crippen LogP contribution in [0.2, 0.25) is 0 Å². The second-order valence-electron chi connectivity index (χ2n) is 3.60. The van der Waals surface area contributed by atoms with E-state index in [1.165, 1.54) is 12.1 Å². The summed E-state index contributed by atoms with van der Waals surface area (Å²) in [7, 11) is 0. The average molecular weight is 212 g/mol. The van der Waals surface area contributed by atoms with Crippen molar-refractivity contribution in [2.75, 3.05) is 0 Å². The molecule has 0 spiro atoms. The summed E-state index contributed by atoms with van der Waals surface area (Å²) in [4.78, 5) is 0. The molecule has 3 heteroatoms. The van der Waals surface area contributed by atoms with Gasteiger partial charge in [-0.3, -0.25) is 0 Å². The molecule has 0 aliphatic rings. The fraction of sp³-hybridized carbons (Fsp3) is 0. The second kappa shape index (κ2) is 3.45. The maximum atomic E-state index is 13.1. The van der Waals surface area contributed by atoms with Crippen molar-refractivity contribution in [3.63, 3.8) is 0 Å². The van der Waals surface area contributed by atoms with E-state index >= 15 is 0 Å². The smallest absolute Gasteiger partial charge is 0.125 e. The number of para-hydroxylation sites is 1. The lowest BCUT2D eigenvalue weighted by Gasteiger charge is -2.02. The van der Waals surface area contributed by atoms with Gasteiger partial charge in [0.15, 0.2) is 0 Å². The minimum atomic E-state index is -0.253. The van der Waals surface area contributed by atoms with Crippen molar-refractivity contribution in [2.45, 2.75) is 0 Å². The van der Waals surface area contributed by atoms with E-state index in [9.17, 15) is 4.39 Å². The Morgan fingerprint density at radius 2 is 1.88 bits per heavy atom. The Morgan fingerprint density at radius 1 is 1.00 bits per heavy atom. The average Bonchev–Trinajstić information content (AvgIpc) is 2.72. The molecule has 0 amide bonds. The fourth-order valence-electron chi connectivity index (χ4n) is 1.79. The Hall–Kier alpha value is -2.16. The van der Waals surface area contributed by atoms with E-state index in [-0.39, 0.29) is 5.82 Å². The van der Waals surface area contributed by atoms with E-state index in [1.807, 2.05) is 30.3 Å². The molecule has 0 radical (unpaired) electrons. The van der Waals surface area contributed by atoms with Crippen LogP contribution in [-0.4, -0.2) is 9.78 Å². The Bertz CT molecular complexity index is 643. The van der Waals surface area contributed by atoms with Crippen molar-refractivity contribution in [3.8, 4) is 5.69 Å². The van der Waals surface area contributed by atoms with E-state index in [0.29, 0.717) is 0 Å². The zero-order valence-corrected chi connectivity index (χ0v) is 8.47. The van der Waals surface area contributed by atoms with Gasteiger partial charge in [-0.2, -0.15) is 5.10 Å². The van der Waals surface area contributed by atoms with Crippen molar-refractivity contribution in [3.05, 3.63) is 60.5 Å². The van der Waals surface area contributed by atoms with Gasteiger partial charge in [0, 0.05) is 5.39 Å². The van der Waals surface area contributed by atoms with Crippen LogP contribution in [0.5, 0.6) is 0 Å². The molecule has 0 bridgehead atoms. The van der Waals surface area contributed by atoms with Gasteiger partial charge in [-0.25, -0.2) is 9.07 Å². The second-order valence-corrected chi connectivity index (χ2v) is 3.60. The van der Waals surface area contributed by atoms with Crippen LogP contribution in [0.1, 0.15) is 0 Å². The number of hydrogen-bond acceptors (Lipinski definition) is 1. The highest BCUT2D eigenvalue weighted by Gasteiger charge is 2.04. The largest absolute Gasteiger partial charge is 0.233 e. The highest BCUT2D eigenvalue weighted by molar-refractivity contribution is 5.80. The first-order valence-corrected chi connectivity index (χ1v) is 5.03. The van der Waals surface area contributed by atoms with E-state index in [1.54, 1.807) is 16.9 Å². The van der Waals surface area contributed by atoms with Gasteiger partial charge in [-0.05, 0) is 24.3 Å². The number of nitrogens with zero attached hydrogens (tertiary/aromatic N) is 2. The summed E-state index contributed by atoms with van der Waals surface area (Å²) in [5, 5.41) is 5.30. The zero-order valence-electron chi connectivity index (χ0n) is 8.47. The molecule has 0 aliphatic heterocycles. The Balaban J connectivity index is 2.26. The number of rotatable bonds is 1. The highest BCUT2D eigenvalue weighted by Crippen LogP contribution is 2.18. The van der Waals surface area contributed by atoms with Gasteiger partial charge < -0.3 is 0 Å². The lowest BCUT2D eigenvalue weighted by molar-refractivity contribution is 0.626. The van der Waals surface area contributed by atoms with E-state index in [4.69, 9.17) is 0 Å². The van der Waals surface area contributed by atoms with Gasteiger partial charge in [0.2, 0.25) is 0 Å². The fourth-order valence-corrected chi connectivity index (χ4v) is 1.79. The van der Waals surface area contributed by atoms with Crippen LogP contribution >= 0.6 is 0 Å². The summed E-state index contributed by atoms with van der Waals surface area (Å²) < 4.78 is 14.9. The van der Waals surface area contributed by atoms with Crippen LogP contribution in [0.15, 0.2) is 54.7 Å². The zero-order chi connectivity index (χ0) is 11.0. The van der Waals surface area contributed by atoms with Crippen LogP contribution in [0.3, 0.4) is 0 Å².